The van der Waals surface area contributed by atoms with E-state index in [-0.39, 0.29) is 11.1 Å². The molecule has 15 heavy (non-hydrogen) atoms. The molecule has 3 heteroatoms. The molecule has 0 saturated carbocycles. The quantitative estimate of drug-likeness (QED) is 0.785. The molecule has 1 aromatic rings. The van der Waals surface area contributed by atoms with Crippen LogP contribution in [0.5, 0.6) is 0 Å². The predicted molar refractivity (Wildman–Crippen MR) is 61.0 cm³/mol. The summed E-state index contributed by atoms with van der Waals surface area (Å²) in [7, 11) is 0. The van der Waals surface area contributed by atoms with Gasteiger partial charge in [-0.05, 0) is 31.0 Å². The molecule has 2 N–H and O–H groups in total. The molecule has 0 aliphatic heterocycles. The van der Waals surface area contributed by atoms with Crippen LogP contribution < -0.4 is 5.73 Å². The van der Waals surface area contributed by atoms with Gasteiger partial charge < -0.3 is 5.73 Å². The highest BCUT2D eigenvalue weighted by atomic mass is 35.5. The van der Waals surface area contributed by atoms with Gasteiger partial charge in [0.1, 0.15) is 5.82 Å². The SMILES string of the molecule is CC#CCCC(N)c1ccc(Cl)c(F)c1. The Balaban J connectivity index is 2.68. The molecular formula is C12H13ClFN. The van der Waals surface area contributed by atoms with Crippen LogP contribution in [0.25, 0.3) is 0 Å². The Labute approximate surface area is 94.4 Å². The third-order valence-electron chi connectivity index (χ3n) is 2.13. The van der Waals surface area contributed by atoms with Gasteiger partial charge >= 0.3 is 0 Å². The van der Waals surface area contributed by atoms with Gasteiger partial charge in [-0.25, -0.2) is 4.39 Å². The summed E-state index contributed by atoms with van der Waals surface area (Å²) in [5.74, 6) is 5.29. The third kappa shape index (κ3) is 3.54. The molecule has 1 unspecified atom stereocenters. The van der Waals surface area contributed by atoms with Crippen LogP contribution in [-0.2, 0) is 0 Å². The second-order valence-corrected chi connectivity index (χ2v) is 3.65. The van der Waals surface area contributed by atoms with E-state index in [4.69, 9.17) is 17.3 Å². The normalized spacial score (nSPS) is 11.7. The zero-order valence-electron chi connectivity index (χ0n) is 8.56. The van der Waals surface area contributed by atoms with Crippen LogP contribution in [0, 0.1) is 17.7 Å². The summed E-state index contributed by atoms with van der Waals surface area (Å²) in [6, 6.07) is 4.47. The molecule has 0 amide bonds. The molecule has 0 fully saturated rings. The van der Waals surface area contributed by atoms with Gasteiger partial charge in [0.25, 0.3) is 0 Å². The van der Waals surface area contributed by atoms with Crippen molar-refractivity contribution in [3.05, 3.63) is 34.6 Å². The first-order chi connectivity index (χ1) is 7.15. The molecule has 0 aliphatic carbocycles. The maximum absolute atomic E-state index is 13.1. The van der Waals surface area contributed by atoms with Crippen molar-refractivity contribution in [1.29, 1.82) is 0 Å². The van der Waals surface area contributed by atoms with Crippen LogP contribution in [0.1, 0.15) is 31.4 Å². The number of halogens is 2. The average Bonchev–Trinajstić information content (AvgIpc) is 2.22. The first kappa shape index (κ1) is 12.0. The zero-order chi connectivity index (χ0) is 11.3. The van der Waals surface area contributed by atoms with E-state index in [1.54, 1.807) is 13.0 Å². The molecule has 0 spiro atoms. The Hall–Kier alpha value is -1.04. The van der Waals surface area contributed by atoms with Crippen molar-refractivity contribution < 1.29 is 4.39 Å². The van der Waals surface area contributed by atoms with Crippen molar-refractivity contribution >= 4 is 11.6 Å². The Kier molecular flexibility index (Phi) is 4.61. The van der Waals surface area contributed by atoms with Crippen LogP contribution in [-0.4, -0.2) is 0 Å². The monoisotopic (exact) mass is 225 g/mol. The van der Waals surface area contributed by atoms with Crippen molar-refractivity contribution in [3.63, 3.8) is 0 Å². The third-order valence-corrected chi connectivity index (χ3v) is 2.44. The summed E-state index contributed by atoms with van der Waals surface area (Å²) >= 11 is 5.57. The number of hydrogen-bond acceptors (Lipinski definition) is 1. The van der Waals surface area contributed by atoms with Gasteiger partial charge in [-0.3, -0.25) is 0 Å². The molecule has 0 aliphatic rings. The van der Waals surface area contributed by atoms with E-state index in [0.717, 1.165) is 18.4 Å². The Morgan fingerprint density at radius 1 is 1.53 bits per heavy atom. The van der Waals surface area contributed by atoms with E-state index < -0.39 is 5.82 Å². The minimum absolute atomic E-state index is 0.124. The zero-order valence-corrected chi connectivity index (χ0v) is 9.31. The van der Waals surface area contributed by atoms with Gasteiger partial charge in [0.05, 0.1) is 5.02 Å². The number of hydrogen-bond donors (Lipinski definition) is 1. The molecular weight excluding hydrogens is 213 g/mol. The largest absolute Gasteiger partial charge is 0.324 e. The summed E-state index contributed by atoms with van der Waals surface area (Å²) in [5.41, 5.74) is 6.64. The molecule has 0 saturated heterocycles. The average molecular weight is 226 g/mol. The standard InChI is InChI=1S/C12H13ClFN/c1-2-3-4-5-12(15)9-6-7-10(13)11(14)8-9/h6-8,12H,4-5,15H2,1H3. The van der Waals surface area contributed by atoms with Crippen molar-refractivity contribution in [2.24, 2.45) is 5.73 Å². The Bertz CT molecular complexity index is 392. The summed E-state index contributed by atoms with van der Waals surface area (Å²) in [5, 5.41) is 0.124. The number of nitrogens with two attached hydrogens (primary N) is 1. The molecule has 0 bridgehead atoms. The molecule has 1 nitrogen and oxygen atoms in total. The maximum atomic E-state index is 13.1. The van der Waals surface area contributed by atoms with Gasteiger partial charge in [0, 0.05) is 12.5 Å². The fourth-order valence-electron chi connectivity index (χ4n) is 1.26. The van der Waals surface area contributed by atoms with Crippen molar-refractivity contribution in [3.8, 4) is 11.8 Å². The Morgan fingerprint density at radius 2 is 2.27 bits per heavy atom. The van der Waals surface area contributed by atoms with Gasteiger partial charge in [0.15, 0.2) is 0 Å². The highest BCUT2D eigenvalue weighted by Crippen LogP contribution is 2.21. The van der Waals surface area contributed by atoms with Crippen molar-refractivity contribution in [1.82, 2.24) is 0 Å². The van der Waals surface area contributed by atoms with E-state index in [1.165, 1.54) is 12.1 Å². The lowest BCUT2D eigenvalue weighted by atomic mass is 10.0. The highest BCUT2D eigenvalue weighted by molar-refractivity contribution is 6.30. The van der Waals surface area contributed by atoms with E-state index in [1.807, 2.05) is 0 Å². The molecule has 0 radical (unpaired) electrons. The lowest BCUT2D eigenvalue weighted by Crippen LogP contribution is -2.10. The molecule has 0 heterocycles. The lowest BCUT2D eigenvalue weighted by molar-refractivity contribution is 0.613. The minimum atomic E-state index is -0.425. The van der Waals surface area contributed by atoms with Crippen LogP contribution in [0.4, 0.5) is 4.39 Å². The Morgan fingerprint density at radius 3 is 2.87 bits per heavy atom. The van der Waals surface area contributed by atoms with Gasteiger partial charge in [-0.15, -0.1) is 11.8 Å². The molecule has 1 rings (SSSR count). The van der Waals surface area contributed by atoms with Crippen LogP contribution >= 0.6 is 11.6 Å². The summed E-state index contributed by atoms with van der Waals surface area (Å²) < 4.78 is 13.1. The second kappa shape index (κ2) is 5.75. The molecule has 1 atom stereocenters. The first-order valence-electron chi connectivity index (χ1n) is 4.75. The topological polar surface area (TPSA) is 26.0 Å². The maximum Gasteiger partial charge on any atom is 0.142 e. The van der Waals surface area contributed by atoms with Crippen molar-refractivity contribution in [2.75, 3.05) is 0 Å². The molecule has 80 valence electrons. The van der Waals surface area contributed by atoms with Crippen molar-refractivity contribution in [2.45, 2.75) is 25.8 Å². The summed E-state index contributed by atoms with van der Waals surface area (Å²) in [4.78, 5) is 0. The second-order valence-electron chi connectivity index (χ2n) is 3.25. The summed E-state index contributed by atoms with van der Waals surface area (Å²) in [6.07, 6.45) is 1.45. The van der Waals surface area contributed by atoms with Crippen LogP contribution in [0.2, 0.25) is 5.02 Å². The van der Waals surface area contributed by atoms with E-state index in [0.29, 0.717) is 0 Å². The first-order valence-corrected chi connectivity index (χ1v) is 5.13. The highest BCUT2D eigenvalue weighted by Gasteiger charge is 2.07. The molecule has 1 aromatic carbocycles. The van der Waals surface area contributed by atoms with E-state index in [2.05, 4.69) is 11.8 Å². The summed E-state index contributed by atoms with van der Waals surface area (Å²) in [6.45, 7) is 1.79. The van der Waals surface area contributed by atoms with Crippen LogP contribution in [0.15, 0.2) is 18.2 Å². The molecule has 0 aromatic heterocycles. The van der Waals surface area contributed by atoms with E-state index >= 15 is 0 Å². The fourth-order valence-corrected chi connectivity index (χ4v) is 1.38. The minimum Gasteiger partial charge on any atom is -0.324 e. The van der Waals surface area contributed by atoms with E-state index in [9.17, 15) is 4.39 Å². The van der Waals surface area contributed by atoms with Gasteiger partial charge in [-0.2, -0.15) is 0 Å². The van der Waals surface area contributed by atoms with Crippen LogP contribution in [0.3, 0.4) is 0 Å². The number of benzene rings is 1. The van der Waals surface area contributed by atoms with Gasteiger partial charge in [-0.1, -0.05) is 17.7 Å². The number of rotatable bonds is 3. The fraction of sp³-hybridized carbons (Fsp3) is 0.333. The smallest absolute Gasteiger partial charge is 0.142 e. The predicted octanol–water partition coefficient (Wildman–Crippen LogP) is 3.28. The van der Waals surface area contributed by atoms with Gasteiger partial charge in [0.2, 0.25) is 0 Å². The lowest BCUT2D eigenvalue weighted by Gasteiger charge is -2.10.